The summed E-state index contributed by atoms with van der Waals surface area (Å²) >= 11 is 0. The number of benzene rings is 2. The van der Waals surface area contributed by atoms with Crippen molar-refractivity contribution < 1.29 is 33.6 Å². The van der Waals surface area contributed by atoms with Gasteiger partial charge in [0.2, 0.25) is 5.91 Å². The van der Waals surface area contributed by atoms with Crippen molar-refractivity contribution in [2.75, 3.05) is 33.9 Å². The minimum absolute atomic E-state index is 0.00357. The van der Waals surface area contributed by atoms with Crippen LogP contribution >= 0.6 is 0 Å². The first-order chi connectivity index (χ1) is 16.8. The smallest absolute Gasteiger partial charge is 0.270 e. The van der Waals surface area contributed by atoms with Gasteiger partial charge >= 0.3 is 0 Å². The first-order valence-electron chi connectivity index (χ1n) is 10.7. The Morgan fingerprint density at radius 3 is 2.31 bits per heavy atom. The lowest BCUT2D eigenvalue weighted by atomic mass is 10.1. The molecule has 0 bridgehead atoms. The number of rotatable bonds is 11. The number of nitrogens with zero attached hydrogens (tertiary/aromatic N) is 2. The van der Waals surface area contributed by atoms with Gasteiger partial charge in [-0.15, -0.1) is 0 Å². The van der Waals surface area contributed by atoms with Gasteiger partial charge in [0, 0.05) is 43.8 Å². The topological polar surface area (TPSA) is 157 Å². The number of methoxy groups -OCH3 is 2. The number of carbonyl (C=O) groups is 4. The van der Waals surface area contributed by atoms with Crippen molar-refractivity contribution >= 4 is 29.3 Å². The lowest BCUT2D eigenvalue weighted by Gasteiger charge is -2.13. The third-order valence-electron chi connectivity index (χ3n) is 5.33. The standard InChI is InChI=1S/C23H24N4O8/c1-34-18-8-5-14(12-19(18)35-2)21(29)25-10-9-24-20(28)4-3-11-26-22(30)16-7-6-15(27(32)33)13-17(16)23(26)31/h5-8,12-13H,3-4,9-11H2,1-2H3,(H,24,28)(H,25,29). The highest BCUT2D eigenvalue weighted by atomic mass is 16.6. The van der Waals surface area contributed by atoms with E-state index in [1.54, 1.807) is 18.2 Å². The lowest BCUT2D eigenvalue weighted by Crippen LogP contribution is -2.35. The van der Waals surface area contributed by atoms with Crippen LogP contribution in [0, 0.1) is 10.1 Å². The Bertz CT molecular complexity index is 1180. The predicted octanol–water partition coefficient (Wildman–Crippen LogP) is 1.53. The van der Waals surface area contributed by atoms with Gasteiger partial charge in [0.1, 0.15) is 0 Å². The minimum atomic E-state index is -0.638. The van der Waals surface area contributed by atoms with Crippen LogP contribution < -0.4 is 20.1 Å². The summed E-state index contributed by atoms with van der Waals surface area (Å²) in [6.45, 7) is 0.383. The van der Waals surface area contributed by atoms with E-state index < -0.39 is 16.7 Å². The fourth-order valence-electron chi connectivity index (χ4n) is 3.54. The Morgan fingerprint density at radius 2 is 1.63 bits per heavy atom. The summed E-state index contributed by atoms with van der Waals surface area (Å²) in [5.74, 6) is -0.891. The highest BCUT2D eigenvalue weighted by Gasteiger charge is 2.36. The first-order valence-corrected chi connectivity index (χ1v) is 10.7. The second kappa shape index (κ2) is 11.1. The number of nitro benzene ring substituents is 1. The zero-order valence-corrected chi connectivity index (χ0v) is 19.2. The number of imide groups is 1. The van der Waals surface area contributed by atoms with Gasteiger partial charge < -0.3 is 20.1 Å². The van der Waals surface area contributed by atoms with Crippen LogP contribution in [0.4, 0.5) is 5.69 Å². The molecule has 0 atom stereocenters. The van der Waals surface area contributed by atoms with Crippen molar-refractivity contribution in [1.82, 2.24) is 15.5 Å². The van der Waals surface area contributed by atoms with Crippen LogP contribution in [0.3, 0.4) is 0 Å². The second-order valence-electron chi connectivity index (χ2n) is 7.53. The van der Waals surface area contributed by atoms with Gasteiger partial charge in [-0.1, -0.05) is 0 Å². The van der Waals surface area contributed by atoms with Crippen molar-refractivity contribution in [3.8, 4) is 11.5 Å². The fraction of sp³-hybridized carbons (Fsp3) is 0.304. The quantitative estimate of drug-likeness (QED) is 0.210. The molecule has 0 spiro atoms. The molecule has 0 unspecified atom stereocenters. The average Bonchev–Trinajstić information content (AvgIpc) is 3.10. The lowest BCUT2D eigenvalue weighted by molar-refractivity contribution is -0.384. The molecule has 12 nitrogen and oxygen atoms in total. The number of nitro groups is 1. The molecule has 0 aromatic heterocycles. The van der Waals surface area contributed by atoms with Gasteiger partial charge in [-0.3, -0.25) is 34.2 Å². The summed E-state index contributed by atoms with van der Waals surface area (Å²) in [7, 11) is 2.96. The van der Waals surface area contributed by atoms with Crippen molar-refractivity contribution in [1.29, 1.82) is 0 Å². The minimum Gasteiger partial charge on any atom is -0.493 e. The van der Waals surface area contributed by atoms with Crippen LogP contribution in [0.1, 0.15) is 43.9 Å². The first kappa shape index (κ1) is 25.1. The van der Waals surface area contributed by atoms with E-state index in [1.807, 2.05) is 0 Å². The maximum atomic E-state index is 12.5. The van der Waals surface area contributed by atoms with Gasteiger partial charge in [-0.2, -0.15) is 0 Å². The zero-order valence-electron chi connectivity index (χ0n) is 19.2. The highest BCUT2D eigenvalue weighted by Crippen LogP contribution is 2.28. The normalized spacial score (nSPS) is 12.2. The number of carbonyl (C=O) groups excluding carboxylic acids is 4. The molecule has 0 fully saturated rings. The number of hydrogen-bond donors (Lipinski definition) is 2. The molecule has 1 heterocycles. The summed E-state index contributed by atoms with van der Waals surface area (Å²) in [5.41, 5.74) is 0.193. The Labute approximate surface area is 200 Å². The molecule has 0 saturated heterocycles. The molecule has 2 aromatic carbocycles. The Hall–Kier alpha value is -4.48. The third kappa shape index (κ3) is 5.72. The van der Waals surface area contributed by atoms with Gasteiger partial charge in [0.05, 0.1) is 30.3 Å². The number of non-ortho nitro benzene ring substituents is 1. The number of fused-ring (bicyclic) bond motifs is 1. The van der Waals surface area contributed by atoms with Gasteiger partial charge in [0.15, 0.2) is 11.5 Å². The highest BCUT2D eigenvalue weighted by molar-refractivity contribution is 6.21. The maximum Gasteiger partial charge on any atom is 0.270 e. The molecular weight excluding hydrogens is 460 g/mol. The van der Waals surface area contributed by atoms with Crippen LogP contribution in [0.2, 0.25) is 0 Å². The maximum absolute atomic E-state index is 12.5. The van der Waals surface area contributed by atoms with Crippen molar-refractivity contribution in [3.63, 3.8) is 0 Å². The number of ether oxygens (including phenoxy) is 2. The van der Waals surface area contributed by atoms with Crippen LogP contribution in [0.25, 0.3) is 0 Å². The summed E-state index contributed by atoms with van der Waals surface area (Å²) in [6.07, 6.45) is 0.272. The zero-order chi connectivity index (χ0) is 25.5. The van der Waals surface area contributed by atoms with E-state index in [0.29, 0.717) is 17.1 Å². The van der Waals surface area contributed by atoms with Crippen molar-refractivity contribution in [2.24, 2.45) is 0 Å². The molecule has 1 aliphatic rings. The molecular formula is C23H24N4O8. The summed E-state index contributed by atoms with van der Waals surface area (Å²) in [6, 6.07) is 8.27. The molecule has 184 valence electrons. The summed E-state index contributed by atoms with van der Waals surface area (Å²) in [4.78, 5) is 60.4. The van der Waals surface area contributed by atoms with E-state index in [2.05, 4.69) is 10.6 Å². The summed E-state index contributed by atoms with van der Waals surface area (Å²) in [5, 5.41) is 16.2. The van der Waals surface area contributed by atoms with E-state index in [0.717, 1.165) is 11.0 Å². The van der Waals surface area contributed by atoms with Crippen LogP contribution in [0.15, 0.2) is 36.4 Å². The van der Waals surface area contributed by atoms with Crippen molar-refractivity contribution in [3.05, 3.63) is 63.2 Å². The molecule has 2 N–H and O–H groups in total. The molecule has 3 rings (SSSR count). The molecule has 2 aromatic rings. The third-order valence-corrected chi connectivity index (χ3v) is 5.33. The van der Waals surface area contributed by atoms with Gasteiger partial charge in [0.25, 0.3) is 23.4 Å². The largest absolute Gasteiger partial charge is 0.493 e. The predicted molar refractivity (Wildman–Crippen MR) is 123 cm³/mol. The Balaban J connectivity index is 1.40. The monoisotopic (exact) mass is 484 g/mol. The van der Waals surface area contributed by atoms with E-state index in [-0.39, 0.29) is 61.1 Å². The molecule has 12 heteroatoms. The number of hydrogen-bond acceptors (Lipinski definition) is 8. The molecule has 0 radical (unpaired) electrons. The summed E-state index contributed by atoms with van der Waals surface area (Å²) < 4.78 is 10.3. The number of amides is 4. The van der Waals surface area contributed by atoms with E-state index in [9.17, 15) is 29.3 Å². The van der Waals surface area contributed by atoms with Gasteiger partial charge in [-0.25, -0.2) is 0 Å². The molecule has 0 aliphatic carbocycles. The van der Waals surface area contributed by atoms with Crippen LogP contribution in [0.5, 0.6) is 11.5 Å². The Morgan fingerprint density at radius 1 is 0.943 bits per heavy atom. The second-order valence-corrected chi connectivity index (χ2v) is 7.53. The van der Waals surface area contributed by atoms with Crippen LogP contribution in [-0.4, -0.2) is 67.3 Å². The molecule has 4 amide bonds. The van der Waals surface area contributed by atoms with Gasteiger partial charge in [-0.05, 0) is 30.7 Å². The van der Waals surface area contributed by atoms with Crippen molar-refractivity contribution in [2.45, 2.75) is 12.8 Å². The fourth-order valence-corrected chi connectivity index (χ4v) is 3.54. The molecule has 1 aliphatic heterocycles. The van der Waals surface area contributed by atoms with E-state index in [1.165, 1.54) is 26.4 Å². The molecule has 35 heavy (non-hydrogen) atoms. The van der Waals surface area contributed by atoms with E-state index in [4.69, 9.17) is 9.47 Å². The number of nitrogens with one attached hydrogen (secondary N) is 2. The van der Waals surface area contributed by atoms with Crippen LogP contribution in [-0.2, 0) is 4.79 Å². The Kier molecular flexibility index (Phi) is 7.97. The molecule has 0 saturated carbocycles. The SMILES string of the molecule is COc1ccc(C(=O)NCCNC(=O)CCCN2C(=O)c3ccc([N+](=O)[O-])cc3C2=O)cc1OC. The van der Waals surface area contributed by atoms with E-state index >= 15 is 0 Å². The average molecular weight is 484 g/mol.